The predicted octanol–water partition coefficient (Wildman–Crippen LogP) is 3.36. The summed E-state index contributed by atoms with van der Waals surface area (Å²) in [6.45, 7) is 3.14. The van der Waals surface area contributed by atoms with E-state index in [1.165, 1.54) is 6.07 Å². The van der Waals surface area contributed by atoms with Crippen molar-refractivity contribution in [2.75, 3.05) is 19.6 Å². The van der Waals surface area contributed by atoms with Crippen molar-refractivity contribution in [2.24, 2.45) is 5.73 Å². The van der Waals surface area contributed by atoms with Gasteiger partial charge in [-0.15, -0.1) is 0 Å². The number of carbonyl (C=O) groups is 1. The summed E-state index contributed by atoms with van der Waals surface area (Å²) >= 11 is 0. The molecule has 1 aromatic carbocycles. The Hall–Kier alpha value is -2.62. The van der Waals surface area contributed by atoms with Crippen LogP contribution in [-0.2, 0) is 5.41 Å². The maximum Gasteiger partial charge on any atom is 0.390 e. The van der Waals surface area contributed by atoms with E-state index in [2.05, 4.69) is 10.1 Å². The van der Waals surface area contributed by atoms with Gasteiger partial charge in [-0.05, 0) is 38.1 Å². The number of fused-ring (bicyclic) bond motifs is 3. The van der Waals surface area contributed by atoms with E-state index in [0.717, 1.165) is 11.6 Å². The van der Waals surface area contributed by atoms with Crippen LogP contribution in [0.3, 0.4) is 0 Å². The van der Waals surface area contributed by atoms with E-state index in [-0.39, 0.29) is 17.5 Å². The Labute approximate surface area is 163 Å². The fraction of sp³-hybridized carbons (Fsp3) is 0.474. The number of amides is 1. The van der Waals surface area contributed by atoms with Gasteiger partial charge < -0.3 is 15.6 Å². The molecule has 0 radical (unpaired) electrons. The number of imidazole rings is 1. The number of alkyl halides is 3. The number of nitrogens with two attached hydrogens (primary N) is 1. The van der Waals surface area contributed by atoms with Crippen LogP contribution in [0.1, 0.15) is 42.1 Å². The molecule has 0 bridgehead atoms. The highest BCUT2D eigenvalue weighted by Crippen LogP contribution is 2.38. The van der Waals surface area contributed by atoms with Crippen LogP contribution in [-0.4, -0.2) is 51.2 Å². The molecule has 0 spiro atoms. The lowest BCUT2D eigenvalue weighted by Crippen LogP contribution is -2.42. The van der Waals surface area contributed by atoms with Crippen molar-refractivity contribution in [1.29, 1.82) is 0 Å². The number of aromatic amines is 1. The van der Waals surface area contributed by atoms with Crippen molar-refractivity contribution in [3.05, 3.63) is 35.3 Å². The monoisotopic (exact) mass is 411 g/mol. The second-order valence-electron chi connectivity index (χ2n) is 7.92. The van der Waals surface area contributed by atoms with E-state index in [1.54, 1.807) is 10.7 Å². The zero-order chi connectivity index (χ0) is 21.0. The third-order valence-corrected chi connectivity index (χ3v) is 5.90. The van der Waals surface area contributed by atoms with Crippen molar-refractivity contribution in [2.45, 2.75) is 37.8 Å². The number of H-pyrrole nitrogens is 1. The molecule has 1 aliphatic heterocycles. The number of rotatable bonds is 4. The van der Waals surface area contributed by atoms with Gasteiger partial charge in [-0.2, -0.15) is 18.3 Å². The Morgan fingerprint density at radius 1 is 1.31 bits per heavy atom. The van der Waals surface area contributed by atoms with Gasteiger partial charge in [-0.25, -0.2) is 8.91 Å². The summed E-state index contributed by atoms with van der Waals surface area (Å²) in [5, 5.41) is 4.38. The summed E-state index contributed by atoms with van der Waals surface area (Å²) in [6.07, 6.45) is -1.94. The quantitative estimate of drug-likeness (QED) is 0.646. The van der Waals surface area contributed by atoms with Gasteiger partial charge in [0.15, 0.2) is 0 Å². The Morgan fingerprint density at radius 3 is 2.62 bits per heavy atom. The number of nitrogens with one attached hydrogen (secondary N) is 1. The lowest BCUT2D eigenvalue weighted by Gasteiger charge is -2.39. The first-order valence-corrected chi connectivity index (χ1v) is 9.36. The summed E-state index contributed by atoms with van der Waals surface area (Å²) < 4.78 is 52.9. The Kier molecular flexibility index (Phi) is 4.56. The van der Waals surface area contributed by atoms with E-state index < -0.39 is 24.3 Å². The molecule has 6 nitrogen and oxygen atoms in total. The zero-order valence-electron chi connectivity index (χ0n) is 15.8. The van der Waals surface area contributed by atoms with Gasteiger partial charge in [0, 0.05) is 17.5 Å². The molecule has 4 rings (SSSR count). The minimum absolute atomic E-state index is 0.00333. The summed E-state index contributed by atoms with van der Waals surface area (Å²) in [5.41, 5.74) is 7.48. The lowest BCUT2D eigenvalue weighted by atomic mass is 9.75. The average Bonchev–Trinajstić information content (AvgIpc) is 3.18. The molecule has 3 heterocycles. The fourth-order valence-corrected chi connectivity index (χ4v) is 4.14. The molecule has 0 saturated carbocycles. The molecule has 10 heteroatoms. The van der Waals surface area contributed by atoms with Gasteiger partial charge in [0.25, 0.3) is 5.91 Å². The standard InChI is InChI=1S/C19H21F4N5O/c1-18(2-5-27(6-3-18)7-4-19(21,22)23)13-10-25-28-15-12(16(24)29)8-11(20)9-14(15)26-17(13)28/h8-10,26H,2-7H2,1H3,(H2,24,29). The van der Waals surface area contributed by atoms with Crippen molar-refractivity contribution in [1.82, 2.24) is 19.5 Å². The molecule has 0 unspecified atom stereocenters. The lowest BCUT2D eigenvalue weighted by molar-refractivity contribution is -0.138. The van der Waals surface area contributed by atoms with Gasteiger partial charge in [0.1, 0.15) is 17.0 Å². The van der Waals surface area contributed by atoms with Gasteiger partial charge >= 0.3 is 6.18 Å². The van der Waals surface area contributed by atoms with Gasteiger partial charge in [0.05, 0.1) is 23.7 Å². The maximum atomic E-state index is 13.9. The highest BCUT2D eigenvalue weighted by atomic mass is 19.4. The molecular weight excluding hydrogens is 390 g/mol. The largest absolute Gasteiger partial charge is 0.390 e. The number of piperidine rings is 1. The van der Waals surface area contributed by atoms with Gasteiger partial charge in [-0.1, -0.05) is 6.92 Å². The normalized spacial score (nSPS) is 18.0. The fourth-order valence-electron chi connectivity index (χ4n) is 4.14. The maximum absolute atomic E-state index is 13.9. The number of carbonyl (C=O) groups excluding carboxylic acids is 1. The Morgan fingerprint density at radius 2 is 2.00 bits per heavy atom. The van der Waals surface area contributed by atoms with Crippen LogP contribution in [0.4, 0.5) is 17.6 Å². The van der Waals surface area contributed by atoms with E-state index in [9.17, 15) is 22.4 Å². The smallest absolute Gasteiger partial charge is 0.366 e. The SMILES string of the molecule is CC1(c2cnn3c2[nH]c2cc(F)cc(C(N)=O)c23)CCN(CCC(F)(F)F)CC1. The molecule has 1 aliphatic rings. The predicted molar refractivity (Wildman–Crippen MR) is 99.2 cm³/mol. The van der Waals surface area contributed by atoms with Crippen molar-refractivity contribution >= 4 is 22.6 Å². The van der Waals surface area contributed by atoms with Crippen molar-refractivity contribution in [3.8, 4) is 0 Å². The van der Waals surface area contributed by atoms with Crippen LogP contribution in [0.25, 0.3) is 16.7 Å². The first kappa shape index (κ1) is 19.7. The second kappa shape index (κ2) is 6.72. The van der Waals surface area contributed by atoms with Crippen molar-refractivity contribution in [3.63, 3.8) is 0 Å². The molecule has 29 heavy (non-hydrogen) atoms. The molecule has 156 valence electrons. The number of aromatic nitrogens is 3. The number of benzene rings is 1. The van der Waals surface area contributed by atoms with Gasteiger partial charge in [-0.3, -0.25) is 4.79 Å². The van der Waals surface area contributed by atoms with Crippen LogP contribution in [0.15, 0.2) is 18.3 Å². The van der Waals surface area contributed by atoms with E-state index in [4.69, 9.17) is 5.73 Å². The van der Waals surface area contributed by atoms with Crippen LogP contribution < -0.4 is 5.73 Å². The molecule has 1 saturated heterocycles. The molecule has 3 aromatic rings. The molecule has 0 aliphatic carbocycles. The molecule has 1 fully saturated rings. The molecule has 2 aromatic heterocycles. The Bertz CT molecular complexity index is 1080. The summed E-state index contributed by atoms with van der Waals surface area (Å²) in [7, 11) is 0. The number of primary amides is 1. The molecule has 1 amide bonds. The Balaban J connectivity index is 1.65. The highest BCUT2D eigenvalue weighted by Gasteiger charge is 2.36. The topological polar surface area (TPSA) is 79.4 Å². The minimum atomic E-state index is -4.16. The van der Waals surface area contributed by atoms with Crippen molar-refractivity contribution < 1.29 is 22.4 Å². The van der Waals surface area contributed by atoms with Crippen LogP contribution in [0.2, 0.25) is 0 Å². The third kappa shape index (κ3) is 3.57. The highest BCUT2D eigenvalue weighted by molar-refractivity contribution is 6.05. The van der Waals surface area contributed by atoms with Gasteiger partial charge in [0.2, 0.25) is 0 Å². The average molecular weight is 411 g/mol. The van der Waals surface area contributed by atoms with E-state index in [0.29, 0.717) is 42.6 Å². The van der Waals surface area contributed by atoms with E-state index >= 15 is 0 Å². The zero-order valence-corrected chi connectivity index (χ0v) is 15.8. The molecule has 3 N–H and O–H groups in total. The summed E-state index contributed by atoms with van der Waals surface area (Å²) in [4.78, 5) is 16.7. The number of halogens is 4. The van der Waals surface area contributed by atoms with E-state index in [1.807, 2.05) is 11.8 Å². The first-order chi connectivity index (χ1) is 13.6. The number of nitrogens with zero attached hydrogens (tertiary/aromatic N) is 3. The van der Waals surface area contributed by atoms with Crippen LogP contribution >= 0.6 is 0 Å². The molecular formula is C19H21F4N5O. The second-order valence-corrected chi connectivity index (χ2v) is 7.92. The van der Waals surface area contributed by atoms with Crippen LogP contribution in [0.5, 0.6) is 0 Å². The number of hydrogen-bond donors (Lipinski definition) is 2. The summed E-state index contributed by atoms with van der Waals surface area (Å²) in [6, 6.07) is 2.36. The van der Waals surface area contributed by atoms with Crippen LogP contribution in [0, 0.1) is 5.82 Å². The number of hydrogen-bond acceptors (Lipinski definition) is 3. The summed E-state index contributed by atoms with van der Waals surface area (Å²) in [5.74, 6) is -1.34. The first-order valence-electron chi connectivity index (χ1n) is 9.36. The minimum Gasteiger partial charge on any atom is -0.366 e. The molecule has 0 atom stereocenters. The number of likely N-dealkylation sites (tertiary alicyclic amines) is 1. The third-order valence-electron chi connectivity index (χ3n) is 5.90.